The van der Waals surface area contributed by atoms with Crippen LogP contribution in [0.15, 0.2) is 0 Å². The summed E-state index contributed by atoms with van der Waals surface area (Å²) in [5.41, 5.74) is 0. The maximum absolute atomic E-state index is 5.30. The predicted octanol–water partition coefficient (Wildman–Crippen LogP) is 1.10. The van der Waals surface area contributed by atoms with Crippen LogP contribution in [0, 0.1) is 0 Å². The van der Waals surface area contributed by atoms with E-state index < -0.39 is 0 Å². The summed E-state index contributed by atoms with van der Waals surface area (Å²) in [6, 6.07) is 0.668. The van der Waals surface area contributed by atoms with Gasteiger partial charge in [0.2, 0.25) is 0 Å². The summed E-state index contributed by atoms with van der Waals surface area (Å²) in [6.07, 6.45) is 2.55. The molecule has 1 aliphatic heterocycles. The predicted molar refractivity (Wildman–Crippen MR) is 59.6 cm³/mol. The Morgan fingerprint density at radius 3 is 2.71 bits per heavy atom. The van der Waals surface area contributed by atoms with E-state index in [9.17, 15) is 0 Å². The molecule has 0 bridgehead atoms. The Kier molecular flexibility index (Phi) is 6.15. The minimum absolute atomic E-state index is 0.668. The number of hydrogen-bond acceptors (Lipinski definition) is 3. The van der Waals surface area contributed by atoms with Crippen LogP contribution >= 0.6 is 0 Å². The van der Waals surface area contributed by atoms with Crippen LogP contribution in [0.25, 0.3) is 0 Å². The second-order valence-corrected chi connectivity index (χ2v) is 4.10. The Morgan fingerprint density at radius 2 is 2.07 bits per heavy atom. The van der Waals surface area contributed by atoms with E-state index in [4.69, 9.17) is 4.74 Å². The molecule has 84 valence electrons. The van der Waals surface area contributed by atoms with Crippen LogP contribution in [-0.2, 0) is 4.74 Å². The highest BCUT2D eigenvalue weighted by molar-refractivity contribution is 4.65. The fraction of sp³-hybridized carbons (Fsp3) is 1.00. The molecule has 0 amide bonds. The van der Waals surface area contributed by atoms with Crippen molar-refractivity contribution >= 4 is 0 Å². The average molecular weight is 200 g/mol. The van der Waals surface area contributed by atoms with Crippen LogP contribution < -0.4 is 5.32 Å². The SMILES string of the molecule is CCCC(C)NCCN1CCOCC1. The number of rotatable bonds is 6. The Bertz CT molecular complexity index is 135. The summed E-state index contributed by atoms with van der Waals surface area (Å²) < 4.78 is 5.30. The summed E-state index contributed by atoms with van der Waals surface area (Å²) in [4.78, 5) is 2.47. The van der Waals surface area contributed by atoms with E-state index in [1.54, 1.807) is 0 Å². The minimum Gasteiger partial charge on any atom is -0.379 e. The number of nitrogens with zero attached hydrogens (tertiary/aromatic N) is 1. The number of morpholine rings is 1. The van der Waals surface area contributed by atoms with Gasteiger partial charge in [0.1, 0.15) is 0 Å². The normalized spacial score (nSPS) is 21.0. The molecular formula is C11H24N2O. The zero-order valence-corrected chi connectivity index (χ0v) is 9.59. The smallest absolute Gasteiger partial charge is 0.0594 e. The molecule has 0 aromatic rings. The number of ether oxygens (including phenoxy) is 1. The lowest BCUT2D eigenvalue weighted by atomic mass is 10.2. The Labute approximate surface area is 87.8 Å². The summed E-state index contributed by atoms with van der Waals surface area (Å²) >= 11 is 0. The van der Waals surface area contributed by atoms with Crippen LogP contribution in [0.5, 0.6) is 0 Å². The highest BCUT2D eigenvalue weighted by Crippen LogP contribution is 1.97. The van der Waals surface area contributed by atoms with Gasteiger partial charge in [-0.25, -0.2) is 0 Å². The Hall–Kier alpha value is -0.120. The van der Waals surface area contributed by atoms with Gasteiger partial charge in [0.15, 0.2) is 0 Å². The maximum atomic E-state index is 5.30. The highest BCUT2D eigenvalue weighted by atomic mass is 16.5. The van der Waals surface area contributed by atoms with Gasteiger partial charge in [-0.1, -0.05) is 13.3 Å². The molecule has 0 saturated carbocycles. The molecule has 1 aliphatic rings. The molecule has 3 heteroatoms. The molecule has 1 atom stereocenters. The van der Waals surface area contributed by atoms with Gasteiger partial charge in [-0.2, -0.15) is 0 Å². The van der Waals surface area contributed by atoms with Gasteiger partial charge in [-0.15, -0.1) is 0 Å². The molecule has 0 aliphatic carbocycles. The third kappa shape index (κ3) is 4.94. The topological polar surface area (TPSA) is 24.5 Å². The van der Waals surface area contributed by atoms with Crippen LogP contribution in [0.3, 0.4) is 0 Å². The van der Waals surface area contributed by atoms with E-state index in [1.807, 2.05) is 0 Å². The van der Waals surface area contributed by atoms with Crippen molar-refractivity contribution in [2.24, 2.45) is 0 Å². The highest BCUT2D eigenvalue weighted by Gasteiger charge is 2.09. The van der Waals surface area contributed by atoms with E-state index in [0.717, 1.165) is 39.4 Å². The van der Waals surface area contributed by atoms with Crippen molar-refractivity contribution in [3.05, 3.63) is 0 Å². The molecular weight excluding hydrogens is 176 g/mol. The van der Waals surface area contributed by atoms with E-state index in [0.29, 0.717) is 6.04 Å². The first-order valence-electron chi connectivity index (χ1n) is 5.86. The zero-order chi connectivity index (χ0) is 10.2. The van der Waals surface area contributed by atoms with Crippen molar-refractivity contribution in [2.75, 3.05) is 39.4 Å². The molecule has 0 radical (unpaired) electrons. The van der Waals surface area contributed by atoms with Crippen molar-refractivity contribution < 1.29 is 4.74 Å². The lowest BCUT2D eigenvalue weighted by Crippen LogP contribution is -2.41. The fourth-order valence-corrected chi connectivity index (χ4v) is 1.83. The minimum atomic E-state index is 0.668. The molecule has 0 aromatic carbocycles. The zero-order valence-electron chi connectivity index (χ0n) is 9.59. The van der Waals surface area contributed by atoms with Crippen molar-refractivity contribution in [1.82, 2.24) is 10.2 Å². The summed E-state index contributed by atoms with van der Waals surface area (Å²) in [6.45, 7) is 10.8. The van der Waals surface area contributed by atoms with Crippen molar-refractivity contribution in [2.45, 2.75) is 32.7 Å². The van der Waals surface area contributed by atoms with Crippen LogP contribution in [0.2, 0.25) is 0 Å². The molecule has 1 unspecified atom stereocenters. The second-order valence-electron chi connectivity index (χ2n) is 4.10. The van der Waals surface area contributed by atoms with Gasteiger partial charge in [0, 0.05) is 32.2 Å². The molecule has 14 heavy (non-hydrogen) atoms. The van der Waals surface area contributed by atoms with E-state index >= 15 is 0 Å². The average Bonchev–Trinajstić information content (AvgIpc) is 2.20. The summed E-state index contributed by atoms with van der Waals surface area (Å²) in [5, 5.41) is 3.55. The summed E-state index contributed by atoms with van der Waals surface area (Å²) in [5.74, 6) is 0. The molecule has 0 aromatic heterocycles. The molecule has 1 rings (SSSR count). The Balaban J connectivity index is 1.96. The van der Waals surface area contributed by atoms with E-state index in [2.05, 4.69) is 24.1 Å². The fourth-order valence-electron chi connectivity index (χ4n) is 1.83. The number of nitrogens with one attached hydrogen (secondary N) is 1. The molecule has 0 spiro atoms. The van der Waals surface area contributed by atoms with Crippen molar-refractivity contribution in [3.8, 4) is 0 Å². The van der Waals surface area contributed by atoms with Gasteiger partial charge in [0.25, 0.3) is 0 Å². The van der Waals surface area contributed by atoms with Crippen LogP contribution in [0.1, 0.15) is 26.7 Å². The van der Waals surface area contributed by atoms with Crippen LogP contribution in [-0.4, -0.2) is 50.3 Å². The maximum Gasteiger partial charge on any atom is 0.0594 e. The standard InChI is InChI=1S/C11H24N2O/c1-3-4-11(2)12-5-6-13-7-9-14-10-8-13/h11-12H,3-10H2,1-2H3. The van der Waals surface area contributed by atoms with E-state index in [-0.39, 0.29) is 0 Å². The van der Waals surface area contributed by atoms with Crippen molar-refractivity contribution in [1.29, 1.82) is 0 Å². The van der Waals surface area contributed by atoms with Gasteiger partial charge < -0.3 is 10.1 Å². The molecule has 1 fully saturated rings. The first-order chi connectivity index (χ1) is 6.83. The first-order valence-corrected chi connectivity index (χ1v) is 5.86. The third-order valence-electron chi connectivity index (χ3n) is 2.75. The monoisotopic (exact) mass is 200 g/mol. The summed E-state index contributed by atoms with van der Waals surface area (Å²) in [7, 11) is 0. The van der Waals surface area contributed by atoms with E-state index in [1.165, 1.54) is 12.8 Å². The largest absolute Gasteiger partial charge is 0.379 e. The second kappa shape index (κ2) is 7.21. The van der Waals surface area contributed by atoms with Crippen LogP contribution in [0.4, 0.5) is 0 Å². The number of hydrogen-bond donors (Lipinski definition) is 1. The Morgan fingerprint density at radius 1 is 1.36 bits per heavy atom. The molecule has 3 nitrogen and oxygen atoms in total. The lowest BCUT2D eigenvalue weighted by Gasteiger charge is -2.27. The van der Waals surface area contributed by atoms with Gasteiger partial charge in [0.05, 0.1) is 13.2 Å². The van der Waals surface area contributed by atoms with Crippen molar-refractivity contribution in [3.63, 3.8) is 0 Å². The quantitative estimate of drug-likeness (QED) is 0.695. The molecule has 1 saturated heterocycles. The first kappa shape index (κ1) is 12.0. The molecule has 1 N–H and O–H groups in total. The van der Waals surface area contributed by atoms with Gasteiger partial charge in [-0.05, 0) is 13.3 Å². The van der Waals surface area contributed by atoms with Gasteiger partial charge >= 0.3 is 0 Å². The lowest BCUT2D eigenvalue weighted by molar-refractivity contribution is 0.0381. The molecule has 1 heterocycles. The van der Waals surface area contributed by atoms with Gasteiger partial charge in [-0.3, -0.25) is 4.90 Å². The third-order valence-corrected chi connectivity index (χ3v) is 2.75.